The summed E-state index contributed by atoms with van der Waals surface area (Å²) >= 11 is 3.16. The van der Waals surface area contributed by atoms with E-state index >= 15 is 0 Å². The SMILES string of the molecule is C=CPBr. The van der Waals surface area contributed by atoms with Crippen molar-refractivity contribution in [3.05, 3.63) is 12.4 Å². The summed E-state index contributed by atoms with van der Waals surface area (Å²) < 4.78 is 0. The predicted octanol–water partition coefficient (Wildman–Crippen LogP) is 2.12. The molecule has 24 valence electrons. The van der Waals surface area contributed by atoms with Crippen LogP contribution in [0.25, 0.3) is 0 Å². The largest absolute Gasteiger partial charge is 0.0980 e. The lowest BCUT2D eigenvalue weighted by atomic mass is 11.3. The lowest BCUT2D eigenvalue weighted by Crippen LogP contribution is -1.02. The zero-order valence-corrected chi connectivity index (χ0v) is 4.75. The Labute approximate surface area is 35.8 Å². The van der Waals surface area contributed by atoms with E-state index in [-0.39, 0.29) is 0 Å². The molecule has 2 heteroatoms. The first kappa shape index (κ1) is 4.65. The van der Waals surface area contributed by atoms with E-state index in [4.69, 9.17) is 0 Å². The Morgan fingerprint density at radius 3 is 2.25 bits per heavy atom. The van der Waals surface area contributed by atoms with E-state index < -0.39 is 0 Å². The molecule has 0 spiro atoms. The quantitative estimate of drug-likeness (QED) is 0.488. The first-order valence-corrected chi connectivity index (χ1v) is 4.22. The molecule has 0 radical (unpaired) electrons. The summed E-state index contributed by atoms with van der Waals surface area (Å²) in [6, 6.07) is 0. The van der Waals surface area contributed by atoms with Gasteiger partial charge in [-0.25, -0.2) is 0 Å². The summed E-state index contributed by atoms with van der Waals surface area (Å²) in [5.41, 5.74) is 0. The van der Waals surface area contributed by atoms with Gasteiger partial charge in [0.25, 0.3) is 0 Å². The van der Waals surface area contributed by atoms with Crippen LogP contribution in [-0.4, -0.2) is 0 Å². The maximum Gasteiger partial charge on any atom is -0.0273 e. The molecule has 0 aliphatic carbocycles. The average molecular weight is 139 g/mol. The highest BCUT2D eigenvalue weighted by atomic mass is 79.9. The molecule has 0 bridgehead atoms. The Morgan fingerprint density at radius 2 is 2.25 bits per heavy atom. The normalized spacial score (nSPS) is 9.25. The van der Waals surface area contributed by atoms with Crippen LogP contribution in [0.15, 0.2) is 12.4 Å². The van der Waals surface area contributed by atoms with E-state index in [1.807, 2.05) is 5.82 Å². The lowest BCUT2D eigenvalue weighted by Gasteiger charge is -1.56. The van der Waals surface area contributed by atoms with E-state index in [2.05, 4.69) is 22.1 Å². The van der Waals surface area contributed by atoms with Crippen LogP contribution in [0.3, 0.4) is 0 Å². The maximum absolute atomic E-state index is 3.44. The third-order valence-corrected chi connectivity index (χ3v) is 1.20. The van der Waals surface area contributed by atoms with Crippen molar-refractivity contribution in [3.63, 3.8) is 0 Å². The van der Waals surface area contributed by atoms with Crippen molar-refractivity contribution < 1.29 is 0 Å². The Kier molecular flexibility index (Phi) is 4.24. The van der Waals surface area contributed by atoms with Gasteiger partial charge in [0.1, 0.15) is 0 Å². The van der Waals surface area contributed by atoms with Gasteiger partial charge in [0.05, 0.1) is 0 Å². The molecule has 1 atom stereocenters. The van der Waals surface area contributed by atoms with Crippen molar-refractivity contribution in [1.29, 1.82) is 0 Å². The molecule has 0 aromatic rings. The third kappa shape index (κ3) is 2.65. The van der Waals surface area contributed by atoms with Gasteiger partial charge in [-0.05, 0) is 7.28 Å². The first-order valence-electron chi connectivity index (χ1n) is 0.886. The number of hydrogen-bond acceptors (Lipinski definition) is 0. The molecule has 0 aliphatic rings. The van der Waals surface area contributed by atoms with Crippen molar-refractivity contribution in [2.24, 2.45) is 0 Å². The molecule has 0 fully saturated rings. The smallest absolute Gasteiger partial charge is 0.0273 e. The summed E-state index contributed by atoms with van der Waals surface area (Å²) in [5.74, 6) is 1.82. The molecule has 0 rings (SSSR count). The fourth-order valence-electron chi connectivity index (χ4n) is 0. The minimum atomic E-state index is 0.717. The van der Waals surface area contributed by atoms with Crippen LogP contribution in [-0.2, 0) is 0 Å². The van der Waals surface area contributed by atoms with Gasteiger partial charge < -0.3 is 0 Å². The second-order valence-corrected chi connectivity index (χ2v) is 2.31. The second-order valence-electron chi connectivity index (χ2n) is 0.313. The van der Waals surface area contributed by atoms with Gasteiger partial charge in [-0.1, -0.05) is 27.9 Å². The van der Waals surface area contributed by atoms with E-state index in [1.54, 1.807) is 0 Å². The molecule has 0 saturated heterocycles. The highest BCUT2D eigenvalue weighted by molar-refractivity contribution is 9.37. The topological polar surface area (TPSA) is 0 Å². The first-order chi connectivity index (χ1) is 1.91. The van der Waals surface area contributed by atoms with Crippen LogP contribution in [0.2, 0.25) is 0 Å². The number of rotatable bonds is 1. The van der Waals surface area contributed by atoms with Crippen molar-refractivity contribution >= 4 is 22.8 Å². The Balaban J connectivity index is 2.30. The molecule has 0 aromatic carbocycles. The Bertz CT molecular complexity index is 20.0. The highest BCUT2D eigenvalue weighted by Crippen LogP contribution is 2.18. The van der Waals surface area contributed by atoms with Crippen molar-refractivity contribution in [1.82, 2.24) is 0 Å². The molecule has 0 heterocycles. The highest BCUT2D eigenvalue weighted by Gasteiger charge is 1.46. The second kappa shape index (κ2) is 3.65. The van der Waals surface area contributed by atoms with Crippen LogP contribution < -0.4 is 0 Å². The van der Waals surface area contributed by atoms with Crippen LogP contribution in [0, 0.1) is 0 Å². The van der Waals surface area contributed by atoms with Crippen molar-refractivity contribution in [2.75, 3.05) is 0 Å². The van der Waals surface area contributed by atoms with Gasteiger partial charge in [0, 0.05) is 0 Å². The molecule has 0 saturated carbocycles. The Morgan fingerprint density at radius 1 is 2.00 bits per heavy atom. The molecule has 0 N–H and O–H groups in total. The summed E-state index contributed by atoms with van der Waals surface area (Å²) in [7, 11) is 0.717. The van der Waals surface area contributed by atoms with Gasteiger partial charge in [0.15, 0.2) is 0 Å². The van der Waals surface area contributed by atoms with E-state index in [9.17, 15) is 0 Å². The van der Waals surface area contributed by atoms with Gasteiger partial charge in [-0.3, -0.25) is 0 Å². The van der Waals surface area contributed by atoms with Crippen LogP contribution in [0.1, 0.15) is 0 Å². The fraction of sp³-hybridized carbons (Fsp3) is 0. The van der Waals surface area contributed by atoms with Crippen LogP contribution in [0.5, 0.6) is 0 Å². The average Bonchev–Trinajstić information content (AvgIpc) is 1.37. The maximum atomic E-state index is 3.44. The van der Waals surface area contributed by atoms with Gasteiger partial charge >= 0.3 is 0 Å². The summed E-state index contributed by atoms with van der Waals surface area (Å²) in [4.78, 5) is 0. The van der Waals surface area contributed by atoms with E-state index in [0.29, 0.717) is 7.28 Å². The minimum absolute atomic E-state index is 0.717. The van der Waals surface area contributed by atoms with Gasteiger partial charge in [0.2, 0.25) is 0 Å². The summed E-state index contributed by atoms with van der Waals surface area (Å²) in [6.45, 7) is 3.44. The van der Waals surface area contributed by atoms with Crippen molar-refractivity contribution in [2.45, 2.75) is 0 Å². The van der Waals surface area contributed by atoms with E-state index in [1.165, 1.54) is 0 Å². The predicted molar refractivity (Wildman–Crippen MR) is 27.4 cm³/mol. The van der Waals surface area contributed by atoms with Crippen LogP contribution in [0.4, 0.5) is 0 Å². The molecule has 4 heavy (non-hydrogen) atoms. The van der Waals surface area contributed by atoms with Crippen LogP contribution >= 0.6 is 22.8 Å². The summed E-state index contributed by atoms with van der Waals surface area (Å²) in [5, 5.41) is 0. The third-order valence-electron chi connectivity index (χ3n) is 0.0772. The zero-order chi connectivity index (χ0) is 3.41. The standard InChI is InChI=1S/C2H4BrP/c1-2-4-3/h2,4H,1H2. The fourth-order valence-corrected chi connectivity index (χ4v) is 0. The monoisotopic (exact) mass is 138 g/mol. The molecule has 0 nitrogen and oxygen atoms in total. The van der Waals surface area contributed by atoms with Crippen molar-refractivity contribution in [3.8, 4) is 0 Å². The lowest BCUT2D eigenvalue weighted by molar-refractivity contribution is 2.67. The number of halogens is 1. The van der Waals surface area contributed by atoms with E-state index in [0.717, 1.165) is 0 Å². The van der Waals surface area contributed by atoms with Gasteiger partial charge in [-0.2, -0.15) is 0 Å². The molecule has 0 aromatic heterocycles. The minimum Gasteiger partial charge on any atom is -0.0980 e. The number of hydrogen-bond donors (Lipinski definition) is 0. The molecular weight excluding hydrogens is 135 g/mol. The van der Waals surface area contributed by atoms with Gasteiger partial charge in [-0.15, -0.1) is 0 Å². The molecular formula is C2H4BrP. The zero-order valence-electron chi connectivity index (χ0n) is 2.16. The molecule has 0 amide bonds. The summed E-state index contributed by atoms with van der Waals surface area (Å²) in [6.07, 6.45) is 0. The molecule has 0 aliphatic heterocycles. The molecule has 1 unspecified atom stereocenters. The Hall–Kier alpha value is 0.650.